The lowest BCUT2D eigenvalue weighted by Gasteiger charge is -2.27. The van der Waals surface area contributed by atoms with Crippen molar-refractivity contribution in [1.82, 2.24) is 15.3 Å². The van der Waals surface area contributed by atoms with E-state index in [4.69, 9.17) is 4.74 Å². The minimum absolute atomic E-state index is 0.306. The van der Waals surface area contributed by atoms with Gasteiger partial charge in [-0.1, -0.05) is 0 Å². The summed E-state index contributed by atoms with van der Waals surface area (Å²) >= 11 is 0. The molecule has 1 N–H and O–H groups in total. The number of rotatable bonds is 2. The zero-order chi connectivity index (χ0) is 7.52. The summed E-state index contributed by atoms with van der Waals surface area (Å²) in [5.41, 5.74) is 0. The topological polar surface area (TPSA) is 47.0 Å². The molecule has 0 aliphatic carbocycles. The molecule has 1 aromatic rings. The molecule has 11 heavy (non-hydrogen) atoms. The van der Waals surface area contributed by atoms with Crippen LogP contribution in [0.3, 0.4) is 0 Å². The van der Waals surface area contributed by atoms with E-state index in [0.717, 1.165) is 18.8 Å². The zero-order valence-corrected chi connectivity index (χ0v) is 6.03. The van der Waals surface area contributed by atoms with Crippen LogP contribution in [0.25, 0.3) is 0 Å². The van der Waals surface area contributed by atoms with Crippen LogP contribution in [0.1, 0.15) is 0 Å². The van der Waals surface area contributed by atoms with E-state index in [1.165, 1.54) is 6.33 Å². The van der Waals surface area contributed by atoms with Crippen molar-refractivity contribution in [1.29, 1.82) is 0 Å². The van der Waals surface area contributed by atoms with Gasteiger partial charge in [-0.2, -0.15) is 0 Å². The molecule has 0 saturated carbocycles. The second-order valence-electron chi connectivity index (χ2n) is 2.47. The molecule has 0 unspecified atom stereocenters. The molecule has 0 aromatic carbocycles. The molecule has 0 radical (unpaired) electrons. The molecule has 0 atom stereocenters. The van der Waals surface area contributed by atoms with E-state index in [1.54, 1.807) is 12.4 Å². The standard InChI is InChI=1S/C7H9N3O/c1-6(2-8-1)11-7-3-9-5-10-4-7/h3-6,8H,1-2H2. The van der Waals surface area contributed by atoms with Gasteiger partial charge in [0.05, 0.1) is 12.4 Å². The van der Waals surface area contributed by atoms with Gasteiger partial charge in [-0.3, -0.25) is 0 Å². The van der Waals surface area contributed by atoms with Crippen LogP contribution in [-0.2, 0) is 0 Å². The highest BCUT2D eigenvalue weighted by Crippen LogP contribution is 2.08. The highest BCUT2D eigenvalue weighted by atomic mass is 16.5. The molecular weight excluding hydrogens is 142 g/mol. The fourth-order valence-electron chi connectivity index (χ4n) is 0.884. The summed E-state index contributed by atoms with van der Waals surface area (Å²) in [6, 6.07) is 0. The Morgan fingerprint density at radius 2 is 2.09 bits per heavy atom. The molecule has 1 aliphatic heterocycles. The van der Waals surface area contributed by atoms with Gasteiger partial charge in [0.2, 0.25) is 0 Å². The van der Waals surface area contributed by atoms with Crippen LogP contribution in [0, 0.1) is 0 Å². The summed E-state index contributed by atoms with van der Waals surface area (Å²) in [5, 5.41) is 3.12. The lowest BCUT2D eigenvalue weighted by atomic mass is 10.2. The first kappa shape index (κ1) is 6.54. The number of aromatic nitrogens is 2. The monoisotopic (exact) mass is 151 g/mol. The normalized spacial score (nSPS) is 17.5. The smallest absolute Gasteiger partial charge is 0.156 e. The van der Waals surface area contributed by atoms with Gasteiger partial charge in [-0.15, -0.1) is 0 Å². The first-order chi connectivity index (χ1) is 5.45. The van der Waals surface area contributed by atoms with Crippen LogP contribution in [0.4, 0.5) is 0 Å². The third-order valence-electron chi connectivity index (χ3n) is 1.58. The largest absolute Gasteiger partial charge is 0.485 e. The fraction of sp³-hybridized carbons (Fsp3) is 0.429. The number of nitrogens with zero attached hydrogens (tertiary/aromatic N) is 2. The maximum atomic E-state index is 5.46. The van der Waals surface area contributed by atoms with Crippen molar-refractivity contribution in [3.05, 3.63) is 18.7 Å². The third-order valence-corrected chi connectivity index (χ3v) is 1.58. The van der Waals surface area contributed by atoms with Gasteiger partial charge in [-0.25, -0.2) is 9.97 Å². The molecule has 4 nitrogen and oxygen atoms in total. The molecule has 2 heterocycles. The Labute approximate surface area is 64.6 Å². The Balaban J connectivity index is 1.95. The maximum absolute atomic E-state index is 5.46. The second kappa shape index (κ2) is 2.84. The van der Waals surface area contributed by atoms with Gasteiger partial charge in [0.1, 0.15) is 12.4 Å². The van der Waals surface area contributed by atoms with Gasteiger partial charge < -0.3 is 10.1 Å². The van der Waals surface area contributed by atoms with Crippen LogP contribution in [0.5, 0.6) is 5.75 Å². The SMILES string of the molecule is c1ncc(OC2CNC2)cn1. The number of nitrogens with one attached hydrogen (secondary N) is 1. The van der Waals surface area contributed by atoms with Crippen molar-refractivity contribution >= 4 is 0 Å². The van der Waals surface area contributed by atoms with Crippen molar-refractivity contribution in [3.8, 4) is 5.75 Å². The summed E-state index contributed by atoms with van der Waals surface area (Å²) in [6.07, 6.45) is 5.14. The molecule has 0 spiro atoms. The summed E-state index contributed by atoms with van der Waals surface area (Å²) in [5.74, 6) is 0.749. The number of hydrogen-bond donors (Lipinski definition) is 1. The van der Waals surface area contributed by atoms with Crippen molar-refractivity contribution in [2.75, 3.05) is 13.1 Å². The second-order valence-corrected chi connectivity index (χ2v) is 2.47. The van der Waals surface area contributed by atoms with Crippen molar-refractivity contribution in [3.63, 3.8) is 0 Å². The lowest BCUT2D eigenvalue weighted by Crippen LogP contribution is -2.50. The average Bonchev–Trinajstić information content (AvgIpc) is 1.99. The van der Waals surface area contributed by atoms with Crippen LogP contribution >= 0.6 is 0 Å². The summed E-state index contributed by atoms with van der Waals surface area (Å²) in [6.45, 7) is 1.85. The zero-order valence-electron chi connectivity index (χ0n) is 6.03. The quantitative estimate of drug-likeness (QED) is 0.637. The third kappa shape index (κ3) is 1.46. The predicted molar refractivity (Wildman–Crippen MR) is 39.3 cm³/mol. The molecule has 0 bridgehead atoms. The van der Waals surface area contributed by atoms with Crippen molar-refractivity contribution in [2.45, 2.75) is 6.10 Å². The Bertz CT molecular complexity index is 222. The molecule has 58 valence electrons. The minimum Gasteiger partial charge on any atom is -0.485 e. The molecular formula is C7H9N3O. The highest BCUT2D eigenvalue weighted by Gasteiger charge is 2.17. The predicted octanol–water partition coefficient (Wildman–Crippen LogP) is -0.173. The van der Waals surface area contributed by atoms with Crippen LogP contribution in [0.15, 0.2) is 18.7 Å². The van der Waals surface area contributed by atoms with Gasteiger partial charge in [-0.05, 0) is 0 Å². The van der Waals surface area contributed by atoms with Crippen LogP contribution in [-0.4, -0.2) is 29.2 Å². The van der Waals surface area contributed by atoms with E-state index in [9.17, 15) is 0 Å². The van der Waals surface area contributed by atoms with E-state index in [-0.39, 0.29) is 0 Å². The van der Waals surface area contributed by atoms with E-state index in [2.05, 4.69) is 15.3 Å². The first-order valence-electron chi connectivity index (χ1n) is 3.57. The van der Waals surface area contributed by atoms with Gasteiger partial charge in [0, 0.05) is 13.1 Å². The number of ether oxygens (including phenoxy) is 1. The van der Waals surface area contributed by atoms with E-state index < -0.39 is 0 Å². The molecule has 4 heteroatoms. The van der Waals surface area contributed by atoms with Crippen molar-refractivity contribution < 1.29 is 4.74 Å². The Hall–Kier alpha value is -1.16. The lowest BCUT2D eigenvalue weighted by molar-refractivity contribution is 0.141. The molecule has 1 fully saturated rings. The first-order valence-corrected chi connectivity index (χ1v) is 3.57. The fourth-order valence-corrected chi connectivity index (χ4v) is 0.884. The Morgan fingerprint density at radius 1 is 1.36 bits per heavy atom. The summed E-state index contributed by atoms with van der Waals surface area (Å²) in [7, 11) is 0. The Morgan fingerprint density at radius 3 is 2.64 bits per heavy atom. The maximum Gasteiger partial charge on any atom is 0.156 e. The molecule has 1 aromatic heterocycles. The number of hydrogen-bond acceptors (Lipinski definition) is 4. The highest BCUT2D eigenvalue weighted by molar-refractivity contribution is 5.11. The molecule has 0 amide bonds. The minimum atomic E-state index is 0.306. The summed E-state index contributed by atoms with van der Waals surface area (Å²) in [4.78, 5) is 7.68. The van der Waals surface area contributed by atoms with E-state index >= 15 is 0 Å². The van der Waals surface area contributed by atoms with Crippen LogP contribution in [0.2, 0.25) is 0 Å². The van der Waals surface area contributed by atoms with E-state index in [1.807, 2.05) is 0 Å². The summed E-state index contributed by atoms with van der Waals surface area (Å²) < 4.78 is 5.46. The van der Waals surface area contributed by atoms with Gasteiger partial charge in [0.25, 0.3) is 0 Å². The van der Waals surface area contributed by atoms with Crippen LogP contribution < -0.4 is 10.1 Å². The van der Waals surface area contributed by atoms with Gasteiger partial charge in [0.15, 0.2) is 5.75 Å². The van der Waals surface area contributed by atoms with Gasteiger partial charge >= 0.3 is 0 Å². The molecule has 1 saturated heterocycles. The molecule has 1 aliphatic rings. The average molecular weight is 151 g/mol. The Kier molecular flexibility index (Phi) is 1.69. The van der Waals surface area contributed by atoms with Crippen molar-refractivity contribution in [2.24, 2.45) is 0 Å². The van der Waals surface area contributed by atoms with E-state index in [0.29, 0.717) is 6.10 Å². The molecule has 2 rings (SSSR count).